The van der Waals surface area contributed by atoms with E-state index in [4.69, 9.17) is 5.73 Å². The van der Waals surface area contributed by atoms with Gasteiger partial charge in [-0.3, -0.25) is 4.98 Å². The lowest BCUT2D eigenvalue weighted by atomic mass is 10.1. The molecular formula is C12H12F2N4. The predicted molar refractivity (Wildman–Crippen MR) is 62.8 cm³/mol. The van der Waals surface area contributed by atoms with Crippen LogP contribution in [0.3, 0.4) is 0 Å². The lowest BCUT2D eigenvalue weighted by Gasteiger charge is -2.09. The summed E-state index contributed by atoms with van der Waals surface area (Å²) in [5.41, 5.74) is 6.85. The molecule has 4 nitrogen and oxygen atoms in total. The second kappa shape index (κ2) is 5.14. The van der Waals surface area contributed by atoms with Gasteiger partial charge in [0, 0.05) is 36.3 Å². The van der Waals surface area contributed by atoms with Gasteiger partial charge in [0.15, 0.2) is 5.82 Å². The minimum absolute atomic E-state index is 0.00796. The highest BCUT2D eigenvalue weighted by atomic mass is 19.3. The van der Waals surface area contributed by atoms with E-state index in [1.807, 2.05) is 6.92 Å². The Morgan fingerprint density at radius 2 is 2.11 bits per heavy atom. The maximum absolute atomic E-state index is 12.8. The number of aromatic nitrogens is 3. The first-order chi connectivity index (χ1) is 8.63. The van der Waals surface area contributed by atoms with Crippen molar-refractivity contribution in [3.8, 4) is 11.4 Å². The molecule has 0 radical (unpaired) electrons. The monoisotopic (exact) mass is 250 g/mol. The van der Waals surface area contributed by atoms with Gasteiger partial charge in [-0.1, -0.05) is 0 Å². The average Bonchev–Trinajstić information content (AvgIpc) is 2.38. The summed E-state index contributed by atoms with van der Waals surface area (Å²) < 4.78 is 25.7. The number of halogens is 2. The summed E-state index contributed by atoms with van der Waals surface area (Å²) in [4.78, 5) is 11.9. The molecule has 2 heterocycles. The number of alkyl halides is 2. The van der Waals surface area contributed by atoms with Gasteiger partial charge in [-0.2, -0.15) is 0 Å². The van der Waals surface area contributed by atoms with Crippen LogP contribution in [0.5, 0.6) is 0 Å². The fourth-order valence-corrected chi connectivity index (χ4v) is 1.59. The Balaban J connectivity index is 2.54. The molecule has 0 spiro atoms. The van der Waals surface area contributed by atoms with Gasteiger partial charge >= 0.3 is 0 Å². The number of nitrogens with zero attached hydrogens (tertiary/aromatic N) is 3. The molecular weight excluding hydrogens is 238 g/mol. The normalized spacial score (nSPS) is 10.9. The fraction of sp³-hybridized carbons (Fsp3) is 0.250. The molecule has 18 heavy (non-hydrogen) atoms. The average molecular weight is 250 g/mol. The van der Waals surface area contributed by atoms with Crippen LogP contribution < -0.4 is 5.73 Å². The van der Waals surface area contributed by atoms with Crippen LogP contribution in [-0.4, -0.2) is 15.0 Å². The van der Waals surface area contributed by atoms with Crippen molar-refractivity contribution in [2.24, 2.45) is 5.73 Å². The Hall–Kier alpha value is -1.95. The highest BCUT2D eigenvalue weighted by Gasteiger charge is 2.17. The van der Waals surface area contributed by atoms with Gasteiger partial charge in [-0.25, -0.2) is 18.7 Å². The van der Waals surface area contributed by atoms with Crippen LogP contribution in [0.25, 0.3) is 11.4 Å². The van der Waals surface area contributed by atoms with Crippen LogP contribution in [0.1, 0.15) is 23.2 Å². The fourth-order valence-electron chi connectivity index (χ4n) is 1.59. The standard InChI is InChI=1S/C12H12F2N4/c1-7-2-3-16-6-9(7)12-17-5-8(4-15)10(18-12)11(13)14/h2-3,5-6,11H,4,15H2,1H3. The zero-order valence-electron chi connectivity index (χ0n) is 9.77. The van der Waals surface area contributed by atoms with Gasteiger partial charge in [-0.15, -0.1) is 0 Å². The molecule has 2 aromatic rings. The van der Waals surface area contributed by atoms with E-state index in [0.29, 0.717) is 5.56 Å². The largest absolute Gasteiger partial charge is 0.326 e. The van der Waals surface area contributed by atoms with Crippen molar-refractivity contribution in [1.29, 1.82) is 0 Å². The van der Waals surface area contributed by atoms with Crippen molar-refractivity contribution in [3.05, 3.63) is 41.5 Å². The molecule has 0 aromatic carbocycles. The Bertz CT molecular complexity index is 558. The van der Waals surface area contributed by atoms with Gasteiger partial charge in [-0.05, 0) is 18.6 Å². The van der Waals surface area contributed by atoms with Crippen LogP contribution in [0.15, 0.2) is 24.7 Å². The van der Waals surface area contributed by atoms with Gasteiger partial charge in [0.2, 0.25) is 0 Å². The molecule has 0 aliphatic rings. The summed E-state index contributed by atoms with van der Waals surface area (Å²) in [5.74, 6) is 0.244. The zero-order chi connectivity index (χ0) is 13.1. The van der Waals surface area contributed by atoms with Crippen molar-refractivity contribution in [1.82, 2.24) is 15.0 Å². The van der Waals surface area contributed by atoms with Crippen LogP contribution in [-0.2, 0) is 6.54 Å². The quantitative estimate of drug-likeness (QED) is 0.907. The SMILES string of the molecule is Cc1ccncc1-c1ncc(CN)c(C(F)F)n1. The Kier molecular flexibility index (Phi) is 3.57. The van der Waals surface area contributed by atoms with Gasteiger partial charge in [0.05, 0.1) is 0 Å². The van der Waals surface area contributed by atoms with Crippen molar-refractivity contribution < 1.29 is 8.78 Å². The molecule has 0 aliphatic carbocycles. The van der Waals surface area contributed by atoms with Crippen LogP contribution in [0, 0.1) is 6.92 Å². The second-order valence-corrected chi connectivity index (χ2v) is 3.80. The Labute approximate surface area is 103 Å². The third kappa shape index (κ3) is 2.33. The number of hydrogen-bond acceptors (Lipinski definition) is 4. The zero-order valence-corrected chi connectivity index (χ0v) is 9.77. The smallest absolute Gasteiger partial charge is 0.280 e. The van der Waals surface area contributed by atoms with E-state index >= 15 is 0 Å². The maximum atomic E-state index is 12.8. The van der Waals surface area contributed by atoms with E-state index in [0.717, 1.165) is 5.56 Å². The summed E-state index contributed by atoms with van der Waals surface area (Å²) >= 11 is 0. The lowest BCUT2D eigenvalue weighted by molar-refractivity contribution is 0.144. The van der Waals surface area contributed by atoms with E-state index in [1.54, 1.807) is 18.5 Å². The number of rotatable bonds is 3. The molecule has 0 amide bonds. The van der Waals surface area contributed by atoms with Crippen molar-refractivity contribution >= 4 is 0 Å². The first kappa shape index (κ1) is 12.5. The molecule has 0 saturated carbocycles. The molecule has 2 aromatic heterocycles. The predicted octanol–water partition coefficient (Wildman–Crippen LogP) is 2.24. The van der Waals surface area contributed by atoms with Crippen molar-refractivity contribution in [2.45, 2.75) is 19.9 Å². The summed E-state index contributed by atoms with van der Waals surface area (Å²) in [5, 5.41) is 0. The molecule has 94 valence electrons. The second-order valence-electron chi connectivity index (χ2n) is 3.80. The number of aryl methyl sites for hydroxylation is 1. The van der Waals surface area contributed by atoms with Gasteiger partial charge < -0.3 is 5.73 Å². The molecule has 0 bridgehead atoms. The summed E-state index contributed by atoms with van der Waals surface area (Å²) in [6.45, 7) is 1.84. The van der Waals surface area contributed by atoms with Crippen LogP contribution >= 0.6 is 0 Å². The molecule has 0 fully saturated rings. The van der Waals surface area contributed by atoms with Crippen LogP contribution in [0.2, 0.25) is 0 Å². The first-order valence-corrected chi connectivity index (χ1v) is 5.38. The highest BCUT2D eigenvalue weighted by Crippen LogP contribution is 2.24. The van der Waals surface area contributed by atoms with Gasteiger partial charge in [0.25, 0.3) is 6.43 Å². The lowest BCUT2D eigenvalue weighted by Crippen LogP contribution is -2.07. The molecule has 0 atom stereocenters. The minimum Gasteiger partial charge on any atom is -0.326 e. The maximum Gasteiger partial charge on any atom is 0.280 e. The van der Waals surface area contributed by atoms with E-state index < -0.39 is 6.43 Å². The first-order valence-electron chi connectivity index (χ1n) is 5.38. The van der Waals surface area contributed by atoms with E-state index in [1.165, 1.54) is 6.20 Å². The van der Waals surface area contributed by atoms with E-state index in [-0.39, 0.29) is 23.6 Å². The molecule has 0 unspecified atom stereocenters. The molecule has 0 aliphatic heterocycles. The number of nitrogens with two attached hydrogens (primary N) is 1. The Morgan fingerprint density at radius 1 is 1.33 bits per heavy atom. The molecule has 2 rings (SSSR count). The summed E-state index contributed by atoms with van der Waals surface area (Å²) in [6, 6.07) is 1.78. The topological polar surface area (TPSA) is 64.7 Å². The van der Waals surface area contributed by atoms with Crippen LogP contribution in [0.4, 0.5) is 8.78 Å². The summed E-state index contributed by atoms with van der Waals surface area (Å²) in [6.07, 6.45) is 1.86. The van der Waals surface area contributed by atoms with Crippen molar-refractivity contribution in [2.75, 3.05) is 0 Å². The Morgan fingerprint density at radius 3 is 2.72 bits per heavy atom. The van der Waals surface area contributed by atoms with E-state index in [2.05, 4.69) is 15.0 Å². The number of pyridine rings is 1. The molecule has 6 heteroatoms. The van der Waals surface area contributed by atoms with E-state index in [9.17, 15) is 8.78 Å². The molecule has 2 N–H and O–H groups in total. The number of hydrogen-bond donors (Lipinski definition) is 1. The highest BCUT2D eigenvalue weighted by molar-refractivity contribution is 5.58. The van der Waals surface area contributed by atoms with Crippen molar-refractivity contribution in [3.63, 3.8) is 0 Å². The summed E-state index contributed by atoms with van der Waals surface area (Å²) in [7, 11) is 0. The molecule has 0 saturated heterocycles. The van der Waals surface area contributed by atoms with Gasteiger partial charge in [0.1, 0.15) is 5.69 Å². The third-order valence-corrected chi connectivity index (χ3v) is 2.60. The minimum atomic E-state index is -2.66. The third-order valence-electron chi connectivity index (χ3n) is 2.60.